The van der Waals surface area contributed by atoms with Crippen molar-refractivity contribution in [1.82, 2.24) is 4.98 Å². The van der Waals surface area contributed by atoms with Crippen LogP contribution in [0.15, 0.2) is 76.7 Å². The van der Waals surface area contributed by atoms with Gasteiger partial charge in [-0.3, -0.25) is 9.78 Å². The number of aromatic nitrogens is 1. The van der Waals surface area contributed by atoms with Crippen LogP contribution in [0.25, 0.3) is 10.9 Å². The number of hydrogen-bond donors (Lipinski definition) is 0. The fourth-order valence-corrected chi connectivity index (χ4v) is 5.47. The molecule has 6 nitrogen and oxygen atoms in total. The van der Waals surface area contributed by atoms with E-state index in [0.29, 0.717) is 27.6 Å². The maximum atomic E-state index is 13.9. The Bertz CT molecular complexity index is 1480. The van der Waals surface area contributed by atoms with Gasteiger partial charge >= 0.3 is 0 Å². The molecule has 0 aliphatic rings. The fourth-order valence-electron chi connectivity index (χ4n) is 3.72. The zero-order valence-electron chi connectivity index (χ0n) is 18.8. The number of carbonyl (C=O) groups excluding carboxylic acids is 1. The summed E-state index contributed by atoms with van der Waals surface area (Å²) in [6, 6.07) is 16.0. The van der Waals surface area contributed by atoms with Crippen molar-refractivity contribution in [3.05, 3.63) is 88.6 Å². The molecule has 174 valence electrons. The lowest BCUT2D eigenvalue weighted by Crippen LogP contribution is -2.13. The van der Waals surface area contributed by atoms with E-state index in [0.717, 1.165) is 12.0 Å². The normalized spacial score (nSPS) is 11.4. The van der Waals surface area contributed by atoms with Crippen LogP contribution in [0.5, 0.6) is 11.5 Å². The molecular formula is C26H22ClNO5S. The summed E-state index contributed by atoms with van der Waals surface area (Å²) < 4.78 is 38.5. The van der Waals surface area contributed by atoms with Gasteiger partial charge in [0.1, 0.15) is 0 Å². The first-order chi connectivity index (χ1) is 16.3. The van der Waals surface area contributed by atoms with E-state index in [9.17, 15) is 13.2 Å². The van der Waals surface area contributed by atoms with Crippen LogP contribution in [0.3, 0.4) is 0 Å². The Kier molecular flexibility index (Phi) is 6.59. The standard InChI is InChI=1S/C26H22ClNO5S/c1-4-16-5-7-17(8-6-16)25(29)21-15-28-22-14-24(33-3)23(32-2)13-20(22)26(21)34(30,31)19-11-9-18(27)10-12-19/h5-15H,4H2,1-3H3. The van der Waals surface area contributed by atoms with E-state index in [1.165, 1.54) is 50.7 Å². The summed E-state index contributed by atoms with van der Waals surface area (Å²) in [6.07, 6.45) is 2.12. The Morgan fingerprint density at radius 1 is 0.941 bits per heavy atom. The van der Waals surface area contributed by atoms with Crippen molar-refractivity contribution in [2.75, 3.05) is 14.2 Å². The lowest BCUT2D eigenvalue weighted by atomic mass is 10.0. The Balaban J connectivity index is 2.03. The number of halogens is 1. The first-order valence-corrected chi connectivity index (χ1v) is 12.3. The van der Waals surface area contributed by atoms with Gasteiger partial charge in [-0.05, 0) is 42.3 Å². The van der Waals surface area contributed by atoms with Gasteiger partial charge in [0.25, 0.3) is 0 Å². The number of fused-ring (bicyclic) bond motifs is 1. The zero-order valence-corrected chi connectivity index (χ0v) is 20.4. The number of methoxy groups -OCH3 is 2. The average molecular weight is 496 g/mol. The molecule has 0 amide bonds. The molecule has 0 atom stereocenters. The van der Waals surface area contributed by atoms with Gasteiger partial charge in [-0.25, -0.2) is 8.42 Å². The summed E-state index contributed by atoms with van der Waals surface area (Å²) in [6.45, 7) is 2.02. The molecule has 4 aromatic rings. The van der Waals surface area contributed by atoms with Crippen LogP contribution in [0, 0.1) is 0 Å². The SMILES string of the molecule is CCc1ccc(C(=O)c2cnc3cc(OC)c(OC)cc3c2S(=O)(=O)c2ccc(Cl)cc2)cc1. The smallest absolute Gasteiger partial charge is 0.208 e. The summed E-state index contributed by atoms with van der Waals surface area (Å²) >= 11 is 5.97. The van der Waals surface area contributed by atoms with Gasteiger partial charge in [0.2, 0.25) is 9.84 Å². The molecule has 4 rings (SSSR count). The Labute approximate surface area is 203 Å². The van der Waals surface area contributed by atoms with Gasteiger partial charge < -0.3 is 9.47 Å². The number of ketones is 1. The highest BCUT2D eigenvalue weighted by Crippen LogP contribution is 2.38. The summed E-state index contributed by atoms with van der Waals surface area (Å²) in [5, 5.41) is 0.654. The first kappa shape index (κ1) is 23.7. The Morgan fingerprint density at radius 2 is 1.56 bits per heavy atom. The van der Waals surface area contributed by atoms with Crippen LogP contribution in [-0.4, -0.2) is 33.4 Å². The largest absolute Gasteiger partial charge is 0.493 e. The molecule has 1 aromatic heterocycles. The van der Waals surface area contributed by atoms with E-state index >= 15 is 0 Å². The molecule has 0 radical (unpaired) electrons. The number of benzene rings is 3. The van der Waals surface area contributed by atoms with Crippen molar-refractivity contribution in [2.24, 2.45) is 0 Å². The molecular weight excluding hydrogens is 474 g/mol. The minimum atomic E-state index is -4.14. The van der Waals surface area contributed by atoms with E-state index in [1.54, 1.807) is 18.2 Å². The Morgan fingerprint density at radius 3 is 2.15 bits per heavy atom. The molecule has 0 saturated carbocycles. The molecule has 34 heavy (non-hydrogen) atoms. The van der Waals surface area contributed by atoms with E-state index in [4.69, 9.17) is 21.1 Å². The van der Waals surface area contributed by atoms with E-state index in [2.05, 4.69) is 4.98 Å². The van der Waals surface area contributed by atoms with Gasteiger partial charge in [0.15, 0.2) is 17.3 Å². The third-order valence-electron chi connectivity index (χ3n) is 5.59. The van der Waals surface area contributed by atoms with Crippen molar-refractivity contribution in [1.29, 1.82) is 0 Å². The Hall–Kier alpha value is -3.42. The highest BCUT2D eigenvalue weighted by molar-refractivity contribution is 7.91. The highest BCUT2D eigenvalue weighted by Gasteiger charge is 2.29. The van der Waals surface area contributed by atoms with Crippen LogP contribution < -0.4 is 9.47 Å². The number of nitrogens with zero attached hydrogens (tertiary/aromatic N) is 1. The molecule has 0 bridgehead atoms. The van der Waals surface area contributed by atoms with Gasteiger partial charge in [0.05, 0.1) is 35.1 Å². The second-order valence-electron chi connectivity index (χ2n) is 7.56. The monoisotopic (exact) mass is 495 g/mol. The van der Waals surface area contributed by atoms with Crippen molar-refractivity contribution in [3.63, 3.8) is 0 Å². The van der Waals surface area contributed by atoms with Crippen molar-refractivity contribution in [3.8, 4) is 11.5 Å². The van der Waals surface area contributed by atoms with Gasteiger partial charge in [-0.15, -0.1) is 0 Å². The van der Waals surface area contributed by atoms with Crippen LogP contribution in [-0.2, 0) is 16.3 Å². The van der Waals surface area contributed by atoms with Crippen molar-refractivity contribution in [2.45, 2.75) is 23.1 Å². The van der Waals surface area contributed by atoms with E-state index < -0.39 is 15.6 Å². The predicted octanol–water partition coefficient (Wildman–Crippen LogP) is 5.53. The average Bonchev–Trinajstić information content (AvgIpc) is 2.86. The number of pyridine rings is 1. The third-order valence-corrected chi connectivity index (χ3v) is 7.71. The number of carbonyl (C=O) groups is 1. The zero-order chi connectivity index (χ0) is 24.5. The molecule has 0 N–H and O–H groups in total. The molecule has 0 aliphatic heterocycles. The molecule has 0 spiro atoms. The molecule has 0 saturated heterocycles. The predicted molar refractivity (Wildman–Crippen MR) is 131 cm³/mol. The minimum Gasteiger partial charge on any atom is -0.493 e. The van der Waals surface area contributed by atoms with Crippen LogP contribution in [0.2, 0.25) is 5.02 Å². The molecule has 0 unspecified atom stereocenters. The van der Waals surface area contributed by atoms with E-state index in [1.807, 2.05) is 19.1 Å². The maximum Gasteiger partial charge on any atom is 0.208 e. The maximum absolute atomic E-state index is 13.9. The van der Waals surface area contributed by atoms with Crippen LogP contribution >= 0.6 is 11.6 Å². The molecule has 1 heterocycles. The van der Waals surface area contributed by atoms with Gasteiger partial charge in [-0.2, -0.15) is 0 Å². The van der Waals surface area contributed by atoms with Crippen LogP contribution in [0.1, 0.15) is 28.4 Å². The quantitative estimate of drug-likeness (QED) is 0.313. The third kappa shape index (κ3) is 4.24. The van der Waals surface area contributed by atoms with Crippen molar-refractivity contribution < 1.29 is 22.7 Å². The summed E-state index contributed by atoms with van der Waals surface area (Å²) in [7, 11) is -1.21. The fraction of sp³-hybridized carbons (Fsp3) is 0.154. The highest BCUT2D eigenvalue weighted by atomic mass is 35.5. The molecule has 3 aromatic carbocycles. The van der Waals surface area contributed by atoms with Crippen LogP contribution in [0.4, 0.5) is 0 Å². The first-order valence-electron chi connectivity index (χ1n) is 10.5. The number of ether oxygens (including phenoxy) is 2. The van der Waals surface area contributed by atoms with Gasteiger partial charge in [-0.1, -0.05) is 42.8 Å². The number of sulfone groups is 1. The number of aryl methyl sites for hydroxylation is 1. The number of hydrogen-bond acceptors (Lipinski definition) is 6. The molecule has 8 heteroatoms. The summed E-state index contributed by atoms with van der Waals surface area (Å²) in [5.41, 5.74) is 1.76. The second kappa shape index (κ2) is 9.44. The summed E-state index contributed by atoms with van der Waals surface area (Å²) in [4.78, 5) is 17.8. The van der Waals surface area contributed by atoms with Gasteiger partial charge in [0, 0.05) is 28.2 Å². The second-order valence-corrected chi connectivity index (χ2v) is 9.89. The lowest BCUT2D eigenvalue weighted by molar-refractivity contribution is 0.103. The minimum absolute atomic E-state index is 0.00886. The molecule has 0 fully saturated rings. The number of rotatable bonds is 7. The topological polar surface area (TPSA) is 82.6 Å². The van der Waals surface area contributed by atoms with Crippen molar-refractivity contribution >= 4 is 38.1 Å². The summed E-state index contributed by atoms with van der Waals surface area (Å²) in [5.74, 6) is 0.271. The van der Waals surface area contributed by atoms with E-state index in [-0.39, 0.29) is 20.7 Å². The lowest BCUT2D eigenvalue weighted by Gasteiger charge is -2.15. The molecule has 0 aliphatic carbocycles.